The number of aryl methyl sites for hydroxylation is 1. The highest BCUT2D eigenvalue weighted by molar-refractivity contribution is 6.31. The molecule has 0 fully saturated rings. The Kier molecular flexibility index (Phi) is 7.95. The van der Waals surface area contributed by atoms with Crippen LogP contribution in [0.5, 0.6) is 5.75 Å². The summed E-state index contributed by atoms with van der Waals surface area (Å²) < 4.78 is 35.4. The van der Waals surface area contributed by atoms with E-state index in [4.69, 9.17) is 16.3 Å². The highest BCUT2D eigenvalue weighted by Gasteiger charge is 2.13. The average Bonchev–Trinajstić information content (AvgIpc) is 3.04. The fourth-order valence-electron chi connectivity index (χ4n) is 3.14. The molecule has 0 saturated heterocycles. The smallest absolute Gasteiger partial charge is 0.387 e. The maximum Gasteiger partial charge on any atom is 0.387 e. The molecule has 3 rings (SSSR count). The van der Waals surface area contributed by atoms with Crippen molar-refractivity contribution >= 4 is 29.4 Å². The molecule has 9 heteroatoms. The fourth-order valence-corrected chi connectivity index (χ4v) is 3.33. The summed E-state index contributed by atoms with van der Waals surface area (Å²) in [6, 6.07) is 12.6. The normalized spacial score (nSPS) is 11.2. The van der Waals surface area contributed by atoms with Gasteiger partial charge in [-0.2, -0.15) is 13.9 Å². The Balaban J connectivity index is 1.58. The second-order valence-electron chi connectivity index (χ2n) is 7.10. The van der Waals surface area contributed by atoms with Crippen LogP contribution in [0.1, 0.15) is 32.9 Å². The van der Waals surface area contributed by atoms with Crippen LogP contribution in [0.2, 0.25) is 5.02 Å². The molecule has 0 radical (unpaired) electrons. The molecule has 6 nitrogen and oxygen atoms in total. The summed E-state index contributed by atoms with van der Waals surface area (Å²) in [7, 11) is 0. The van der Waals surface area contributed by atoms with Gasteiger partial charge in [0.15, 0.2) is 12.4 Å². The van der Waals surface area contributed by atoms with Gasteiger partial charge in [0.25, 0.3) is 0 Å². The van der Waals surface area contributed by atoms with Gasteiger partial charge in [0.2, 0.25) is 0 Å². The van der Waals surface area contributed by atoms with Gasteiger partial charge in [-0.3, -0.25) is 9.48 Å². The summed E-state index contributed by atoms with van der Waals surface area (Å²) in [6.07, 6.45) is 2.81. The highest BCUT2D eigenvalue weighted by atomic mass is 35.5. The van der Waals surface area contributed by atoms with Crippen molar-refractivity contribution in [1.29, 1.82) is 0 Å². The molecular weight excluding hydrogens is 454 g/mol. The highest BCUT2D eigenvalue weighted by Crippen LogP contribution is 2.20. The molecular formula is C24H21ClF2N2O4. The van der Waals surface area contributed by atoms with E-state index in [1.807, 2.05) is 38.1 Å². The first-order valence-electron chi connectivity index (χ1n) is 9.95. The van der Waals surface area contributed by atoms with Crippen molar-refractivity contribution in [2.75, 3.05) is 6.61 Å². The first-order valence-corrected chi connectivity index (χ1v) is 10.3. The van der Waals surface area contributed by atoms with Crippen LogP contribution in [0.4, 0.5) is 8.78 Å². The van der Waals surface area contributed by atoms with E-state index in [-0.39, 0.29) is 11.3 Å². The van der Waals surface area contributed by atoms with Crippen LogP contribution in [0.25, 0.3) is 6.08 Å². The number of ether oxygens (including phenoxy) is 2. The van der Waals surface area contributed by atoms with Crippen molar-refractivity contribution in [2.24, 2.45) is 0 Å². The molecule has 0 N–H and O–H groups in total. The Labute approximate surface area is 194 Å². The number of benzene rings is 2. The van der Waals surface area contributed by atoms with Crippen LogP contribution in [0, 0.1) is 13.8 Å². The van der Waals surface area contributed by atoms with E-state index in [1.165, 1.54) is 30.3 Å². The van der Waals surface area contributed by atoms with Crippen molar-refractivity contribution < 1.29 is 27.8 Å². The molecule has 172 valence electrons. The number of rotatable bonds is 9. The quantitative estimate of drug-likeness (QED) is 0.241. The first kappa shape index (κ1) is 24.1. The number of esters is 1. The first-order chi connectivity index (χ1) is 15.7. The summed E-state index contributed by atoms with van der Waals surface area (Å²) in [5, 5.41) is 5.15. The summed E-state index contributed by atoms with van der Waals surface area (Å²) in [4.78, 5) is 24.2. The van der Waals surface area contributed by atoms with E-state index >= 15 is 0 Å². The summed E-state index contributed by atoms with van der Waals surface area (Å²) in [5.41, 5.74) is 3.47. The Morgan fingerprint density at radius 1 is 1.12 bits per heavy atom. The minimum atomic E-state index is -2.95. The Morgan fingerprint density at radius 3 is 2.48 bits per heavy atom. The van der Waals surface area contributed by atoms with Crippen molar-refractivity contribution in [3.8, 4) is 5.75 Å². The lowest BCUT2D eigenvalue weighted by molar-refractivity contribution is -0.136. The third-order valence-corrected chi connectivity index (χ3v) is 5.22. The summed E-state index contributed by atoms with van der Waals surface area (Å²) >= 11 is 6.23. The second kappa shape index (κ2) is 10.9. The number of carbonyl (C=O) groups is 2. The predicted molar refractivity (Wildman–Crippen MR) is 120 cm³/mol. The molecule has 1 heterocycles. The second-order valence-corrected chi connectivity index (χ2v) is 7.51. The van der Waals surface area contributed by atoms with E-state index in [2.05, 4.69) is 9.84 Å². The molecule has 0 aliphatic carbocycles. The number of alkyl halides is 2. The van der Waals surface area contributed by atoms with Gasteiger partial charge < -0.3 is 9.47 Å². The summed E-state index contributed by atoms with van der Waals surface area (Å²) in [6.45, 7) is 0.760. The molecule has 0 spiro atoms. The zero-order chi connectivity index (χ0) is 24.0. The lowest BCUT2D eigenvalue weighted by atomic mass is 10.1. The van der Waals surface area contributed by atoms with Gasteiger partial charge in [0.05, 0.1) is 12.2 Å². The van der Waals surface area contributed by atoms with E-state index in [1.54, 1.807) is 10.8 Å². The summed E-state index contributed by atoms with van der Waals surface area (Å²) in [5.74, 6) is -1.23. The Hall–Kier alpha value is -3.52. The van der Waals surface area contributed by atoms with Gasteiger partial charge in [0, 0.05) is 27.9 Å². The molecule has 2 aromatic carbocycles. The minimum absolute atomic E-state index is 0.0673. The number of carbonyl (C=O) groups excluding carboxylic acids is 2. The van der Waals surface area contributed by atoms with Gasteiger partial charge >= 0.3 is 12.6 Å². The standard InChI is InChI=1S/C24H21ClF2N2O4/c1-15-20(16(2)29(28-15)13-18-5-3-4-6-21(18)25)11-12-23(31)32-14-22(30)17-7-9-19(10-8-17)33-24(26)27/h3-12,24H,13-14H2,1-2H3/b12-11+. The fraction of sp³-hybridized carbons (Fsp3) is 0.208. The van der Waals surface area contributed by atoms with E-state index < -0.39 is 25.0 Å². The molecule has 33 heavy (non-hydrogen) atoms. The lowest BCUT2D eigenvalue weighted by Crippen LogP contribution is -2.12. The molecule has 0 aliphatic heterocycles. The van der Waals surface area contributed by atoms with Gasteiger partial charge in [-0.05, 0) is 55.8 Å². The van der Waals surface area contributed by atoms with Crippen LogP contribution in [0.15, 0.2) is 54.6 Å². The third-order valence-electron chi connectivity index (χ3n) is 4.85. The van der Waals surface area contributed by atoms with Crippen LogP contribution in [-0.4, -0.2) is 34.8 Å². The predicted octanol–water partition coefficient (Wildman–Crippen LogP) is 5.24. The number of nitrogens with zero attached hydrogens (tertiary/aromatic N) is 2. The average molecular weight is 475 g/mol. The third kappa shape index (κ3) is 6.49. The number of ketones is 1. The topological polar surface area (TPSA) is 70.4 Å². The van der Waals surface area contributed by atoms with E-state index in [0.29, 0.717) is 11.6 Å². The largest absolute Gasteiger partial charge is 0.454 e. The zero-order valence-electron chi connectivity index (χ0n) is 17.9. The van der Waals surface area contributed by atoms with Crippen LogP contribution < -0.4 is 4.74 Å². The number of aromatic nitrogens is 2. The van der Waals surface area contributed by atoms with Crippen molar-refractivity contribution in [2.45, 2.75) is 27.0 Å². The molecule has 0 aliphatic rings. The number of Topliss-reactive ketones (excluding diaryl/α,β-unsaturated/α-hetero) is 1. The Bertz CT molecular complexity index is 1170. The van der Waals surface area contributed by atoms with Gasteiger partial charge in [-0.15, -0.1) is 0 Å². The lowest BCUT2D eigenvalue weighted by Gasteiger charge is -2.06. The van der Waals surface area contributed by atoms with Gasteiger partial charge in [-0.25, -0.2) is 4.79 Å². The SMILES string of the molecule is Cc1nn(Cc2ccccc2Cl)c(C)c1/C=C/C(=O)OCC(=O)c1ccc(OC(F)F)cc1. The molecule has 0 bridgehead atoms. The van der Waals surface area contributed by atoms with Crippen molar-refractivity contribution in [1.82, 2.24) is 9.78 Å². The molecule has 0 saturated carbocycles. The number of hydrogen-bond acceptors (Lipinski definition) is 5. The number of hydrogen-bond donors (Lipinski definition) is 0. The zero-order valence-corrected chi connectivity index (χ0v) is 18.7. The molecule has 0 amide bonds. The molecule has 3 aromatic rings. The maximum absolute atomic E-state index is 12.2. The van der Waals surface area contributed by atoms with E-state index in [0.717, 1.165) is 22.5 Å². The van der Waals surface area contributed by atoms with E-state index in [9.17, 15) is 18.4 Å². The molecule has 0 atom stereocenters. The van der Waals surface area contributed by atoms with Crippen molar-refractivity contribution in [3.05, 3.63) is 87.7 Å². The minimum Gasteiger partial charge on any atom is -0.454 e. The molecule has 0 unspecified atom stereocenters. The van der Waals surface area contributed by atoms with Crippen LogP contribution in [-0.2, 0) is 16.1 Å². The van der Waals surface area contributed by atoms with Gasteiger partial charge in [-0.1, -0.05) is 29.8 Å². The Morgan fingerprint density at radius 2 is 1.82 bits per heavy atom. The monoisotopic (exact) mass is 474 g/mol. The number of halogens is 3. The molecule has 1 aromatic heterocycles. The maximum atomic E-state index is 12.2. The van der Waals surface area contributed by atoms with Crippen molar-refractivity contribution in [3.63, 3.8) is 0 Å². The van der Waals surface area contributed by atoms with Gasteiger partial charge in [0.1, 0.15) is 5.75 Å². The van der Waals surface area contributed by atoms with Crippen LogP contribution >= 0.6 is 11.6 Å². The van der Waals surface area contributed by atoms with Crippen LogP contribution in [0.3, 0.4) is 0 Å².